The molecule has 1 aromatic carbocycles. The van der Waals surface area contributed by atoms with E-state index in [4.69, 9.17) is 15.5 Å². The van der Waals surface area contributed by atoms with E-state index >= 15 is 0 Å². The van der Waals surface area contributed by atoms with E-state index in [1.54, 1.807) is 22.7 Å². The lowest BCUT2D eigenvalue weighted by Crippen LogP contribution is -2.16. The zero-order chi connectivity index (χ0) is 25.6. The van der Waals surface area contributed by atoms with Gasteiger partial charge in [0.15, 0.2) is 5.82 Å². The molecule has 3 aromatic heterocycles. The number of nitrogens with zero attached hydrogens (tertiary/aromatic N) is 5. The number of aromatic nitrogens is 4. The summed E-state index contributed by atoms with van der Waals surface area (Å²) in [6, 6.07) is 7.73. The van der Waals surface area contributed by atoms with Gasteiger partial charge < -0.3 is 10.5 Å². The highest BCUT2D eigenvalue weighted by Crippen LogP contribution is 2.40. The molecule has 8 nitrogen and oxygen atoms in total. The van der Waals surface area contributed by atoms with Gasteiger partial charge in [-0.2, -0.15) is 0 Å². The molecule has 0 amide bonds. The van der Waals surface area contributed by atoms with Crippen molar-refractivity contribution < 1.29 is 9.53 Å². The number of aliphatic imine (C=N–C) groups is 1. The van der Waals surface area contributed by atoms with E-state index in [1.165, 1.54) is 4.88 Å². The van der Waals surface area contributed by atoms with Crippen LogP contribution in [0.4, 0.5) is 0 Å². The van der Waals surface area contributed by atoms with Gasteiger partial charge in [-0.3, -0.25) is 14.4 Å². The van der Waals surface area contributed by atoms with E-state index in [0.717, 1.165) is 49.5 Å². The van der Waals surface area contributed by atoms with Crippen molar-refractivity contribution in [3.63, 3.8) is 0 Å². The highest BCUT2D eigenvalue weighted by atomic mass is 32.1. The third-order valence-electron chi connectivity index (χ3n) is 6.13. The summed E-state index contributed by atoms with van der Waals surface area (Å²) in [5.41, 5.74) is 11.7. The standard InChI is InChI=1S/C26H28N6O2S2/c1-13(2)34-21(33)10-20-24-31-30-16(5)32(24)26-22(14(3)15(4)36-26)23(29-20)17-6-8-18(9-7-17)25-28-19(11-27)12-35-25/h6-9,12-13,20H,10-11,27H2,1-5H3/t20-/m0/s1. The highest BCUT2D eigenvalue weighted by molar-refractivity contribution is 7.15. The number of hydrogen-bond acceptors (Lipinski definition) is 9. The molecule has 0 aliphatic carbocycles. The largest absolute Gasteiger partial charge is 0.463 e. The van der Waals surface area contributed by atoms with Crippen LogP contribution in [0.5, 0.6) is 0 Å². The molecule has 4 aromatic rings. The number of carbonyl (C=O) groups excluding carboxylic acids is 1. The first-order valence-corrected chi connectivity index (χ1v) is 13.5. The van der Waals surface area contributed by atoms with Crippen molar-refractivity contribution in [1.29, 1.82) is 0 Å². The van der Waals surface area contributed by atoms with E-state index in [1.807, 2.05) is 30.7 Å². The zero-order valence-corrected chi connectivity index (χ0v) is 22.5. The summed E-state index contributed by atoms with van der Waals surface area (Å²) in [5, 5.41) is 12.7. The Morgan fingerprint density at radius 2 is 1.86 bits per heavy atom. The predicted molar refractivity (Wildman–Crippen MR) is 143 cm³/mol. The quantitative estimate of drug-likeness (QED) is 0.356. The van der Waals surface area contributed by atoms with E-state index in [0.29, 0.717) is 12.4 Å². The maximum absolute atomic E-state index is 12.7. The minimum Gasteiger partial charge on any atom is -0.463 e. The summed E-state index contributed by atoms with van der Waals surface area (Å²) in [7, 11) is 0. The minimum absolute atomic E-state index is 0.0891. The fraction of sp³-hybridized carbons (Fsp3) is 0.346. The maximum Gasteiger partial charge on any atom is 0.308 e. The summed E-state index contributed by atoms with van der Waals surface area (Å²) in [4.78, 5) is 23.7. The normalized spacial score (nSPS) is 14.9. The van der Waals surface area contributed by atoms with Crippen molar-refractivity contribution in [2.24, 2.45) is 10.7 Å². The van der Waals surface area contributed by atoms with Crippen LogP contribution in [-0.4, -0.2) is 37.5 Å². The number of thiazole rings is 1. The molecule has 5 rings (SSSR count). The average molecular weight is 521 g/mol. The number of rotatable bonds is 6. The van der Waals surface area contributed by atoms with Crippen LogP contribution < -0.4 is 5.73 Å². The van der Waals surface area contributed by atoms with Crippen LogP contribution in [0, 0.1) is 20.8 Å². The molecule has 0 spiro atoms. The zero-order valence-electron chi connectivity index (χ0n) is 20.9. The number of benzene rings is 1. The Labute approximate surface area is 217 Å². The second-order valence-electron chi connectivity index (χ2n) is 9.07. The second kappa shape index (κ2) is 9.68. The summed E-state index contributed by atoms with van der Waals surface area (Å²) >= 11 is 3.28. The smallest absolute Gasteiger partial charge is 0.308 e. The van der Waals surface area contributed by atoms with Gasteiger partial charge in [0.2, 0.25) is 0 Å². The Balaban J connectivity index is 1.63. The number of aryl methyl sites for hydroxylation is 2. The predicted octanol–water partition coefficient (Wildman–Crippen LogP) is 5.07. The number of carbonyl (C=O) groups is 1. The molecule has 1 aliphatic rings. The molecule has 1 aliphatic heterocycles. The van der Waals surface area contributed by atoms with Gasteiger partial charge >= 0.3 is 5.97 Å². The number of esters is 1. The van der Waals surface area contributed by atoms with Crippen LogP contribution in [0.25, 0.3) is 15.6 Å². The van der Waals surface area contributed by atoms with Crippen molar-refractivity contribution in [3.8, 4) is 15.6 Å². The fourth-order valence-corrected chi connectivity index (χ4v) is 6.35. The molecule has 186 valence electrons. The van der Waals surface area contributed by atoms with Gasteiger partial charge in [-0.05, 0) is 40.2 Å². The van der Waals surface area contributed by atoms with Crippen molar-refractivity contribution >= 4 is 34.4 Å². The first-order valence-electron chi connectivity index (χ1n) is 11.8. The molecule has 0 fully saturated rings. The third kappa shape index (κ3) is 4.40. The molecule has 36 heavy (non-hydrogen) atoms. The van der Waals surface area contributed by atoms with Gasteiger partial charge in [0.05, 0.1) is 23.9 Å². The molecule has 1 atom stereocenters. The summed E-state index contributed by atoms with van der Waals surface area (Å²) in [5.74, 6) is 1.11. The van der Waals surface area contributed by atoms with Gasteiger partial charge in [0.25, 0.3) is 0 Å². The van der Waals surface area contributed by atoms with Crippen LogP contribution >= 0.6 is 22.7 Å². The average Bonchev–Trinajstić information content (AvgIpc) is 3.52. The van der Waals surface area contributed by atoms with Crippen molar-refractivity contribution in [2.45, 2.75) is 59.7 Å². The molecular weight excluding hydrogens is 492 g/mol. The van der Waals surface area contributed by atoms with Gasteiger partial charge in [0, 0.05) is 33.5 Å². The van der Waals surface area contributed by atoms with Crippen molar-refractivity contribution in [3.05, 3.63) is 68.6 Å². The van der Waals surface area contributed by atoms with Crippen LogP contribution in [0.15, 0.2) is 34.6 Å². The molecule has 2 N–H and O–H groups in total. The second-order valence-corrected chi connectivity index (χ2v) is 11.1. The Bertz CT molecular complexity index is 1460. The first kappa shape index (κ1) is 24.5. The van der Waals surface area contributed by atoms with Crippen LogP contribution in [0.2, 0.25) is 0 Å². The van der Waals surface area contributed by atoms with E-state index in [-0.39, 0.29) is 18.5 Å². The van der Waals surface area contributed by atoms with Gasteiger partial charge in [-0.1, -0.05) is 24.3 Å². The molecular formula is C26H28N6O2S2. The minimum atomic E-state index is -0.516. The lowest BCUT2D eigenvalue weighted by Gasteiger charge is -2.14. The van der Waals surface area contributed by atoms with E-state index in [9.17, 15) is 4.79 Å². The highest BCUT2D eigenvalue weighted by Gasteiger charge is 2.32. The Morgan fingerprint density at radius 3 is 2.53 bits per heavy atom. The topological polar surface area (TPSA) is 108 Å². The number of thiophene rings is 1. The molecule has 10 heteroatoms. The first-order chi connectivity index (χ1) is 17.3. The fourth-order valence-electron chi connectivity index (χ4n) is 4.30. The van der Waals surface area contributed by atoms with Crippen LogP contribution in [0.1, 0.15) is 65.2 Å². The van der Waals surface area contributed by atoms with Crippen LogP contribution in [0.3, 0.4) is 0 Å². The Kier molecular flexibility index (Phi) is 6.59. The van der Waals surface area contributed by atoms with Gasteiger partial charge in [-0.15, -0.1) is 32.9 Å². The Morgan fingerprint density at radius 1 is 1.14 bits per heavy atom. The summed E-state index contributed by atoms with van der Waals surface area (Å²) < 4.78 is 7.50. The number of hydrogen-bond donors (Lipinski definition) is 1. The van der Waals surface area contributed by atoms with Crippen LogP contribution in [-0.2, 0) is 16.1 Å². The van der Waals surface area contributed by atoms with E-state index < -0.39 is 6.04 Å². The lowest BCUT2D eigenvalue weighted by molar-refractivity contribution is -0.147. The van der Waals surface area contributed by atoms with Crippen molar-refractivity contribution in [1.82, 2.24) is 19.7 Å². The molecule has 0 saturated carbocycles. The monoisotopic (exact) mass is 520 g/mol. The molecule has 0 unspecified atom stereocenters. The summed E-state index contributed by atoms with van der Waals surface area (Å²) in [6.07, 6.45) is -0.109. The number of fused-ring (bicyclic) bond motifs is 3. The third-order valence-corrected chi connectivity index (χ3v) is 8.27. The maximum atomic E-state index is 12.7. The SMILES string of the molecule is Cc1sc2c(c1C)C(c1ccc(-c3nc(CN)cs3)cc1)=N[C@@H](CC(=O)OC(C)C)c1nnc(C)n1-2. The lowest BCUT2D eigenvalue weighted by atomic mass is 9.98. The van der Waals surface area contributed by atoms with Crippen molar-refractivity contribution in [2.75, 3.05) is 0 Å². The molecule has 0 bridgehead atoms. The number of ether oxygens (including phenoxy) is 1. The Hall–Kier alpha value is -3.21. The van der Waals surface area contributed by atoms with Gasteiger partial charge in [-0.25, -0.2) is 4.98 Å². The van der Waals surface area contributed by atoms with E-state index in [2.05, 4.69) is 53.3 Å². The number of nitrogens with two attached hydrogens (primary N) is 1. The van der Waals surface area contributed by atoms with Gasteiger partial charge in [0.1, 0.15) is 21.9 Å². The molecule has 0 radical (unpaired) electrons. The molecule has 0 saturated heterocycles. The summed E-state index contributed by atoms with van der Waals surface area (Å²) in [6.45, 7) is 10.3. The molecule has 4 heterocycles.